The maximum absolute atomic E-state index is 12.7. The molecule has 0 heterocycles. The zero-order chi connectivity index (χ0) is 68.0. The number of esters is 1. The second-order valence-electron chi connectivity index (χ2n) is 35.6. The first kappa shape index (κ1) is 76.5. The summed E-state index contributed by atoms with van der Waals surface area (Å²) in [5.41, 5.74) is 10.0. The average Bonchev–Trinajstić information content (AvgIpc) is 1.57. The van der Waals surface area contributed by atoms with Gasteiger partial charge in [-0.1, -0.05) is 158 Å². The van der Waals surface area contributed by atoms with Gasteiger partial charge in [0.25, 0.3) is 0 Å². The molecule has 0 aromatic carbocycles. The van der Waals surface area contributed by atoms with Crippen LogP contribution >= 0.6 is 0 Å². The Morgan fingerprint density at radius 2 is 0.911 bits per heavy atom. The minimum absolute atomic E-state index is 0.00252. The number of carbonyl (C=O) groups is 2. The molecule has 7 aliphatic rings. The van der Waals surface area contributed by atoms with Crippen molar-refractivity contribution in [3.05, 3.63) is 94.2 Å². The van der Waals surface area contributed by atoms with Gasteiger partial charge in [0.05, 0.1) is 36.6 Å². The highest BCUT2D eigenvalue weighted by Crippen LogP contribution is 2.58. The Balaban J connectivity index is 0.000000289. The molecule has 0 spiro atoms. The lowest BCUT2D eigenvalue weighted by atomic mass is 9.63. The van der Waals surface area contributed by atoms with Gasteiger partial charge in [-0.3, -0.25) is 0 Å². The van der Waals surface area contributed by atoms with Crippen LogP contribution in [0, 0.1) is 28.6 Å². The number of rotatable bonds is 20. The summed E-state index contributed by atoms with van der Waals surface area (Å²) < 4.78 is 45.9. The van der Waals surface area contributed by atoms with Gasteiger partial charge >= 0.3 is 11.9 Å². The van der Waals surface area contributed by atoms with E-state index >= 15 is 0 Å². The summed E-state index contributed by atoms with van der Waals surface area (Å²) in [6.07, 6.45) is 28.6. The monoisotopic (exact) mass is 1310 g/mol. The van der Waals surface area contributed by atoms with E-state index in [4.69, 9.17) is 37.0 Å². The molecular weight excluding hydrogens is 1190 g/mol. The van der Waals surface area contributed by atoms with Crippen LogP contribution < -0.4 is 0 Å². The van der Waals surface area contributed by atoms with Gasteiger partial charge < -0.3 is 37.0 Å². The third-order valence-corrected chi connectivity index (χ3v) is 42.5. The first-order valence-electron chi connectivity index (χ1n) is 34.9. The molecule has 0 saturated heterocycles. The molecule has 0 radical (unpaired) electrons. The van der Waals surface area contributed by atoms with E-state index in [1.807, 2.05) is 20.8 Å². The third-order valence-electron chi connectivity index (χ3n) is 24.4. The summed E-state index contributed by atoms with van der Waals surface area (Å²) in [6, 6.07) is 0. The Hall–Kier alpha value is -2.51. The van der Waals surface area contributed by atoms with Crippen molar-refractivity contribution in [2.75, 3.05) is 13.2 Å². The van der Waals surface area contributed by atoms with Crippen LogP contribution in [0.2, 0.25) is 72.5 Å². The number of fused-ring (bicyclic) bond motifs is 2. The smallest absolute Gasteiger partial charge is 0.332 e. The van der Waals surface area contributed by atoms with Crippen LogP contribution in [-0.2, 0) is 41.5 Å². The molecule has 1 unspecified atom stereocenters. The summed E-state index contributed by atoms with van der Waals surface area (Å²) in [5.74, 6) is 0.173. The molecule has 10 atom stereocenters. The van der Waals surface area contributed by atoms with Gasteiger partial charge in [0.2, 0.25) is 0 Å². The molecule has 90 heavy (non-hydrogen) atoms. The predicted octanol–water partition coefficient (Wildman–Crippen LogP) is 20.8. The molecule has 5 saturated carbocycles. The lowest BCUT2D eigenvalue weighted by molar-refractivity contribution is -0.165. The van der Waals surface area contributed by atoms with Gasteiger partial charge in [0.1, 0.15) is 18.8 Å². The maximum atomic E-state index is 12.7. The fraction of sp³-hybridized carbons (Fsp3) is 0.763. The van der Waals surface area contributed by atoms with Crippen molar-refractivity contribution in [3.63, 3.8) is 0 Å². The van der Waals surface area contributed by atoms with E-state index < -0.39 is 44.8 Å². The van der Waals surface area contributed by atoms with Gasteiger partial charge in [0.15, 0.2) is 33.3 Å². The molecule has 510 valence electrons. The maximum Gasteiger partial charge on any atom is 0.332 e. The molecule has 5 fully saturated rings. The van der Waals surface area contributed by atoms with E-state index in [1.54, 1.807) is 0 Å². The van der Waals surface area contributed by atoms with Gasteiger partial charge in [-0.2, -0.15) is 0 Å². The van der Waals surface area contributed by atoms with Crippen molar-refractivity contribution in [2.24, 2.45) is 28.6 Å². The number of aliphatic carboxylic acids is 1. The van der Waals surface area contributed by atoms with Crippen LogP contribution in [0.5, 0.6) is 0 Å². The molecule has 0 aromatic rings. The third kappa shape index (κ3) is 18.1. The molecule has 7 aliphatic carbocycles. The van der Waals surface area contributed by atoms with Crippen LogP contribution in [0.1, 0.15) is 215 Å². The van der Waals surface area contributed by atoms with Crippen molar-refractivity contribution in [1.82, 2.24) is 0 Å². The van der Waals surface area contributed by atoms with E-state index in [9.17, 15) is 9.59 Å². The standard InChI is InChI=1S/C41H70O5Si2.C35H60O5Si2/c1-28-31(25-33(45-47(12,13)38(3,4)5)26-36(28)46-48(14,15)39(6,7)8)19-18-30-17-16-24-41(11)34(22-23-35(30)41)29(2)43-27-37(42)44-40(9,10)32-20-21-32;1-24-27(17-16-26-15-14-20-35(9)29(18-19-30(26)35)25(2)38-23-32(36)37)21-28(39-41(10,11)33(3,4)5)22-31(24)40-42(12,13)34(6,7)8/h18-19,22,29,32-33,35-36H,1,16-17,20-21,23-27H2,2-15H3;16-18,25,28,30-31H,1,14-15,19-23H2,2-13H3,(H,36,37)/t29-,33+,35-,36-,41+;25-,28+,30?,31-,35+/m00/s1. The van der Waals surface area contributed by atoms with E-state index in [1.165, 1.54) is 33.4 Å². The number of hydrogen-bond donors (Lipinski definition) is 1. The van der Waals surface area contributed by atoms with Gasteiger partial charge in [0, 0.05) is 12.8 Å². The van der Waals surface area contributed by atoms with Crippen molar-refractivity contribution in [1.29, 1.82) is 0 Å². The van der Waals surface area contributed by atoms with Crippen LogP contribution in [0.25, 0.3) is 0 Å². The predicted molar refractivity (Wildman–Crippen MR) is 385 cm³/mol. The highest BCUT2D eigenvalue weighted by Gasteiger charge is 2.51. The first-order chi connectivity index (χ1) is 41.0. The van der Waals surface area contributed by atoms with Gasteiger partial charge in [-0.25, -0.2) is 9.59 Å². The van der Waals surface area contributed by atoms with E-state index in [0.717, 1.165) is 101 Å². The number of hydrogen-bond acceptors (Lipinski definition) is 9. The normalized spacial score (nSPS) is 30.2. The molecule has 0 amide bonds. The van der Waals surface area contributed by atoms with Gasteiger partial charge in [-0.05, 0) is 239 Å². The Bertz CT molecular complexity index is 2790. The quantitative estimate of drug-likeness (QED) is 0.0717. The summed E-state index contributed by atoms with van der Waals surface area (Å²) >= 11 is 0. The topological polar surface area (TPSA) is 119 Å². The number of carboxylic acids is 1. The highest BCUT2D eigenvalue weighted by atomic mass is 28.4. The summed E-state index contributed by atoms with van der Waals surface area (Å²) in [4.78, 5) is 23.8. The number of carboxylic acid groups (broad SMARTS) is 1. The molecule has 14 heteroatoms. The fourth-order valence-electron chi connectivity index (χ4n) is 14.2. The molecule has 0 aromatic heterocycles. The second kappa shape index (κ2) is 28.3. The minimum atomic E-state index is -2.01. The van der Waals surface area contributed by atoms with E-state index in [-0.39, 0.29) is 86.8 Å². The van der Waals surface area contributed by atoms with Crippen LogP contribution in [-0.4, -0.2) is 106 Å². The molecular formula is C76H130O10Si4. The second-order valence-corrected chi connectivity index (χ2v) is 54.6. The van der Waals surface area contributed by atoms with Crippen LogP contribution in [0.3, 0.4) is 0 Å². The van der Waals surface area contributed by atoms with Crippen molar-refractivity contribution in [2.45, 2.75) is 329 Å². The molecule has 0 bridgehead atoms. The Morgan fingerprint density at radius 3 is 1.24 bits per heavy atom. The summed E-state index contributed by atoms with van der Waals surface area (Å²) in [5, 5.41) is 9.66. The number of allylic oxidation sites excluding steroid dienone is 8. The van der Waals surface area contributed by atoms with Crippen molar-refractivity contribution in [3.8, 4) is 0 Å². The van der Waals surface area contributed by atoms with Crippen molar-refractivity contribution >= 4 is 45.2 Å². The molecule has 7 rings (SSSR count). The number of ether oxygens (including phenoxy) is 3. The number of carbonyl (C=O) groups excluding carboxylic acids is 1. The Kier molecular flexibility index (Phi) is 24.0. The highest BCUT2D eigenvalue weighted by molar-refractivity contribution is 6.75. The van der Waals surface area contributed by atoms with E-state index in [2.05, 4.69) is 206 Å². The zero-order valence-corrected chi connectivity index (χ0v) is 66.0. The molecule has 0 aliphatic heterocycles. The van der Waals surface area contributed by atoms with Crippen LogP contribution in [0.15, 0.2) is 94.2 Å². The molecule has 10 nitrogen and oxygen atoms in total. The fourth-order valence-corrected chi connectivity index (χ4v) is 19.6. The van der Waals surface area contributed by atoms with E-state index in [0.29, 0.717) is 17.8 Å². The first-order valence-corrected chi connectivity index (χ1v) is 46.6. The summed E-state index contributed by atoms with van der Waals surface area (Å²) in [7, 11) is -7.94. The minimum Gasteiger partial charge on any atom is -0.480 e. The summed E-state index contributed by atoms with van der Waals surface area (Å²) in [6.45, 7) is 68.4. The largest absolute Gasteiger partial charge is 0.480 e. The van der Waals surface area contributed by atoms with Gasteiger partial charge in [-0.15, -0.1) is 0 Å². The zero-order valence-electron chi connectivity index (χ0n) is 62.0. The molecule has 1 N–H and O–H groups in total. The lowest BCUT2D eigenvalue weighted by Crippen LogP contribution is -2.49. The lowest BCUT2D eigenvalue weighted by Gasteiger charge is -2.45. The SMILES string of the molecule is C=C1C(=CC=C2CCC[C@]3(C)C([C@H](C)OCC(=O)O)=CCC23)C[C@@H](O[Si](C)(C)C(C)(C)C)C[C@@H]1O[Si](C)(C)C(C)(C)C.C=C1C(=CC=C2CCC[C@]3(C)C([C@H](C)OCC(=O)OC(C)(C)C4CC4)=CC[C@@H]23)C[C@@H](O[Si](C)(C)C(C)(C)C)C[C@@H]1O[Si](C)(C)C(C)(C)C. The Labute approximate surface area is 553 Å². The average molecular weight is 1320 g/mol. The van der Waals surface area contributed by atoms with Crippen LogP contribution in [0.4, 0.5) is 0 Å². The Morgan fingerprint density at radius 1 is 0.567 bits per heavy atom. The van der Waals surface area contributed by atoms with Crippen molar-refractivity contribution < 1.29 is 46.6 Å².